The van der Waals surface area contributed by atoms with E-state index in [4.69, 9.17) is 0 Å². The number of hydrogen-bond donors (Lipinski definition) is 1. The zero-order valence-corrected chi connectivity index (χ0v) is 8.48. The zero-order chi connectivity index (χ0) is 10.6. The van der Waals surface area contributed by atoms with Gasteiger partial charge in [0.2, 0.25) is 0 Å². The van der Waals surface area contributed by atoms with Crippen LogP contribution in [0.3, 0.4) is 0 Å². The highest BCUT2D eigenvalue weighted by molar-refractivity contribution is 5.29. The van der Waals surface area contributed by atoms with Crippen molar-refractivity contribution < 1.29 is 8.78 Å². The zero-order valence-electron chi connectivity index (χ0n) is 8.48. The molecule has 0 aliphatic carbocycles. The maximum absolute atomic E-state index is 11.8. The molecule has 78 valence electrons. The predicted octanol–water partition coefficient (Wildman–Crippen LogP) is 2.66. The van der Waals surface area contributed by atoms with E-state index in [9.17, 15) is 8.78 Å². The van der Waals surface area contributed by atoms with Gasteiger partial charge in [0.25, 0.3) is 6.43 Å². The molecule has 3 heteroatoms. The maximum Gasteiger partial charge on any atom is 0.250 e. The molecule has 0 unspecified atom stereocenters. The summed E-state index contributed by atoms with van der Waals surface area (Å²) in [5, 5.41) is 2.70. The highest BCUT2D eigenvalue weighted by Gasteiger charge is 2.01. The van der Waals surface area contributed by atoms with Gasteiger partial charge in [0.05, 0.1) is 6.54 Å². The Balaban J connectivity index is 2.47. The fourth-order valence-corrected chi connectivity index (χ4v) is 1.24. The summed E-state index contributed by atoms with van der Waals surface area (Å²) < 4.78 is 23.6. The fourth-order valence-electron chi connectivity index (χ4n) is 1.24. The molecule has 0 spiro atoms. The highest BCUT2D eigenvalue weighted by atomic mass is 19.3. The molecule has 14 heavy (non-hydrogen) atoms. The van der Waals surface area contributed by atoms with Crippen LogP contribution in [0.2, 0.25) is 0 Å². The lowest BCUT2D eigenvalue weighted by atomic mass is 10.1. The Bertz CT molecular complexity index is 297. The van der Waals surface area contributed by atoms with Gasteiger partial charge in [-0.25, -0.2) is 8.78 Å². The fraction of sp³-hybridized carbons (Fsp3) is 0.455. The molecular formula is C11H15F2N. The lowest BCUT2D eigenvalue weighted by Gasteiger charge is -2.06. The number of aryl methyl sites for hydroxylation is 2. The summed E-state index contributed by atoms with van der Waals surface area (Å²) in [5.41, 5.74) is 3.47. The molecule has 0 aromatic heterocycles. The molecule has 1 N–H and O–H groups in total. The Morgan fingerprint density at radius 3 is 2.50 bits per heavy atom. The van der Waals surface area contributed by atoms with Gasteiger partial charge in [0, 0.05) is 6.54 Å². The first-order valence-corrected chi connectivity index (χ1v) is 4.64. The lowest BCUT2D eigenvalue weighted by molar-refractivity contribution is 0.145. The molecule has 0 amide bonds. The van der Waals surface area contributed by atoms with Crippen LogP contribution in [-0.4, -0.2) is 13.0 Å². The first kappa shape index (κ1) is 11.1. The van der Waals surface area contributed by atoms with Crippen molar-refractivity contribution in [2.45, 2.75) is 26.8 Å². The summed E-state index contributed by atoms with van der Waals surface area (Å²) in [6.45, 7) is 4.32. The summed E-state index contributed by atoms with van der Waals surface area (Å²) in [6.07, 6.45) is -2.28. The van der Waals surface area contributed by atoms with E-state index < -0.39 is 6.43 Å². The second-order valence-corrected chi connectivity index (χ2v) is 3.44. The number of rotatable bonds is 4. The van der Waals surface area contributed by atoms with E-state index in [0.29, 0.717) is 6.54 Å². The number of halogens is 2. The lowest BCUT2D eigenvalue weighted by Crippen LogP contribution is -2.20. The van der Waals surface area contributed by atoms with Crippen molar-refractivity contribution in [3.63, 3.8) is 0 Å². The average molecular weight is 199 g/mol. The Morgan fingerprint density at radius 1 is 1.21 bits per heavy atom. The van der Waals surface area contributed by atoms with Gasteiger partial charge in [-0.15, -0.1) is 0 Å². The van der Waals surface area contributed by atoms with Crippen molar-refractivity contribution in [1.29, 1.82) is 0 Å². The van der Waals surface area contributed by atoms with Gasteiger partial charge < -0.3 is 5.32 Å². The Hall–Kier alpha value is -0.960. The third kappa shape index (κ3) is 3.42. The second kappa shape index (κ2) is 5.05. The first-order chi connectivity index (χ1) is 6.59. The van der Waals surface area contributed by atoms with E-state index in [2.05, 4.69) is 5.32 Å². The molecule has 1 aromatic rings. The van der Waals surface area contributed by atoms with Gasteiger partial charge in [-0.05, 0) is 30.5 Å². The van der Waals surface area contributed by atoms with Crippen molar-refractivity contribution in [2.75, 3.05) is 6.54 Å². The molecule has 0 heterocycles. The molecule has 0 saturated heterocycles. The van der Waals surface area contributed by atoms with Crippen LogP contribution in [0.15, 0.2) is 18.2 Å². The summed E-state index contributed by atoms with van der Waals surface area (Å²) in [6, 6.07) is 5.99. The van der Waals surface area contributed by atoms with E-state index in [1.807, 2.05) is 32.0 Å². The highest BCUT2D eigenvalue weighted by Crippen LogP contribution is 2.09. The van der Waals surface area contributed by atoms with E-state index >= 15 is 0 Å². The average Bonchev–Trinajstić information content (AvgIpc) is 2.10. The third-order valence-corrected chi connectivity index (χ3v) is 2.20. The molecule has 0 atom stereocenters. The maximum atomic E-state index is 11.8. The van der Waals surface area contributed by atoms with E-state index in [0.717, 1.165) is 5.56 Å². The Labute approximate surface area is 83.1 Å². The summed E-state index contributed by atoms with van der Waals surface area (Å²) in [4.78, 5) is 0. The van der Waals surface area contributed by atoms with Crippen LogP contribution >= 0.6 is 0 Å². The molecular weight excluding hydrogens is 184 g/mol. The topological polar surface area (TPSA) is 12.0 Å². The summed E-state index contributed by atoms with van der Waals surface area (Å²) in [7, 11) is 0. The van der Waals surface area contributed by atoms with Crippen LogP contribution in [0, 0.1) is 13.8 Å². The monoisotopic (exact) mass is 199 g/mol. The van der Waals surface area contributed by atoms with Gasteiger partial charge in [-0.1, -0.05) is 18.2 Å². The molecule has 0 saturated carbocycles. The number of benzene rings is 1. The predicted molar refractivity (Wildman–Crippen MR) is 53.6 cm³/mol. The van der Waals surface area contributed by atoms with Crippen LogP contribution in [0.4, 0.5) is 8.78 Å². The van der Waals surface area contributed by atoms with E-state index in [1.54, 1.807) is 0 Å². The van der Waals surface area contributed by atoms with Crippen molar-refractivity contribution in [3.8, 4) is 0 Å². The van der Waals surface area contributed by atoms with Crippen molar-refractivity contribution in [1.82, 2.24) is 5.32 Å². The van der Waals surface area contributed by atoms with Gasteiger partial charge >= 0.3 is 0 Å². The van der Waals surface area contributed by atoms with Crippen molar-refractivity contribution >= 4 is 0 Å². The minimum absolute atomic E-state index is 0.243. The molecule has 1 nitrogen and oxygen atoms in total. The third-order valence-electron chi connectivity index (χ3n) is 2.20. The molecule has 1 rings (SSSR count). The van der Waals surface area contributed by atoms with Gasteiger partial charge in [-0.3, -0.25) is 0 Å². The first-order valence-electron chi connectivity index (χ1n) is 4.64. The largest absolute Gasteiger partial charge is 0.307 e. The molecule has 0 radical (unpaired) electrons. The van der Waals surface area contributed by atoms with Crippen molar-refractivity contribution in [3.05, 3.63) is 34.9 Å². The van der Waals surface area contributed by atoms with Crippen LogP contribution in [0.25, 0.3) is 0 Å². The molecule has 0 fully saturated rings. The Kier molecular flexibility index (Phi) is 4.01. The standard InChI is InChI=1S/C11H15F2N/c1-8-3-4-10(5-9(8)2)6-14-7-11(12)13/h3-5,11,14H,6-7H2,1-2H3. The van der Waals surface area contributed by atoms with Gasteiger partial charge in [0.15, 0.2) is 0 Å². The Morgan fingerprint density at radius 2 is 1.93 bits per heavy atom. The molecule has 1 aromatic carbocycles. The second-order valence-electron chi connectivity index (χ2n) is 3.44. The van der Waals surface area contributed by atoms with E-state index in [1.165, 1.54) is 11.1 Å². The number of alkyl halides is 2. The minimum atomic E-state index is -2.28. The molecule has 0 bridgehead atoms. The van der Waals surface area contributed by atoms with Crippen molar-refractivity contribution in [2.24, 2.45) is 0 Å². The number of hydrogen-bond acceptors (Lipinski definition) is 1. The van der Waals surface area contributed by atoms with Gasteiger partial charge in [-0.2, -0.15) is 0 Å². The molecule has 0 aliphatic heterocycles. The summed E-state index contributed by atoms with van der Waals surface area (Å²) >= 11 is 0. The SMILES string of the molecule is Cc1ccc(CNCC(F)F)cc1C. The van der Waals surface area contributed by atoms with Crippen LogP contribution in [-0.2, 0) is 6.54 Å². The van der Waals surface area contributed by atoms with Gasteiger partial charge in [0.1, 0.15) is 0 Å². The minimum Gasteiger partial charge on any atom is -0.307 e. The number of nitrogens with one attached hydrogen (secondary N) is 1. The molecule has 0 aliphatic rings. The van der Waals surface area contributed by atoms with Crippen LogP contribution in [0.5, 0.6) is 0 Å². The van der Waals surface area contributed by atoms with E-state index in [-0.39, 0.29) is 6.54 Å². The quantitative estimate of drug-likeness (QED) is 0.786. The van der Waals surface area contributed by atoms with Crippen LogP contribution < -0.4 is 5.32 Å². The smallest absolute Gasteiger partial charge is 0.250 e. The summed E-state index contributed by atoms with van der Waals surface area (Å²) in [5.74, 6) is 0. The van der Waals surface area contributed by atoms with Crippen LogP contribution in [0.1, 0.15) is 16.7 Å². The normalized spacial score (nSPS) is 10.9.